The van der Waals surface area contributed by atoms with E-state index in [9.17, 15) is 18.0 Å². The number of carbonyl (C=O) groups is 2. The van der Waals surface area contributed by atoms with Crippen LogP contribution in [0.2, 0.25) is 0 Å². The molecule has 0 unspecified atom stereocenters. The summed E-state index contributed by atoms with van der Waals surface area (Å²) in [5.74, 6) is -0.227. The molecule has 1 aromatic rings. The zero-order valence-corrected chi connectivity index (χ0v) is 10.7. The Hall–Kier alpha value is -1.73. The quantitative estimate of drug-likeness (QED) is 0.582. The highest BCUT2D eigenvalue weighted by Gasteiger charge is 2.12. The van der Waals surface area contributed by atoms with Crippen LogP contribution in [0.4, 0.5) is 5.69 Å². The maximum Gasteiger partial charge on any atom is 0.240 e. The molecule has 2 N–H and O–H groups in total. The van der Waals surface area contributed by atoms with Crippen LogP contribution in [0.1, 0.15) is 13.3 Å². The lowest BCUT2D eigenvalue weighted by Crippen LogP contribution is -2.25. The third-order valence-corrected chi connectivity index (χ3v) is 3.52. The van der Waals surface area contributed by atoms with E-state index in [0.717, 1.165) is 0 Å². The molecule has 1 amide bonds. The van der Waals surface area contributed by atoms with Gasteiger partial charge in [-0.3, -0.25) is 4.79 Å². The fraction of sp³-hybridized carbons (Fsp3) is 0.273. The van der Waals surface area contributed by atoms with Crippen molar-refractivity contribution in [1.29, 1.82) is 0 Å². The molecule has 0 aliphatic rings. The molecule has 0 saturated heterocycles. The molecule has 1 rings (SSSR count). The summed E-state index contributed by atoms with van der Waals surface area (Å²) in [5.41, 5.74) is 0.523. The molecular weight excluding hydrogens is 256 g/mol. The Morgan fingerprint density at radius 1 is 1.28 bits per heavy atom. The number of anilines is 1. The van der Waals surface area contributed by atoms with Gasteiger partial charge in [0.2, 0.25) is 15.9 Å². The number of amides is 1. The summed E-state index contributed by atoms with van der Waals surface area (Å²) in [6.45, 7) is 1.44. The van der Waals surface area contributed by atoms with Crippen molar-refractivity contribution in [3.63, 3.8) is 0 Å². The zero-order valence-electron chi connectivity index (χ0n) is 9.84. The van der Waals surface area contributed by atoms with Gasteiger partial charge in [-0.25, -0.2) is 13.1 Å². The highest BCUT2D eigenvalue weighted by molar-refractivity contribution is 7.89. The average Bonchev–Trinajstić information content (AvgIpc) is 2.29. The number of nitrogens with one attached hydrogen (secondary N) is 2. The van der Waals surface area contributed by atoms with Gasteiger partial charge in [0.05, 0.1) is 4.90 Å². The lowest BCUT2D eigenvalue weighted by atomic mass is 10.3. The van der Waals surface area contributed by atoms with Crippen molar-refractivity contribution in [3.8, 4) is 0 Å². The molecule has 6 nitrogen and oxygen atoms in total. The highest BCUT2D eigenvalue weighted by atomic mass is 32.2. The Kier molecular flexibility index (Phi) is 4.99. The minimum atomic E-state index is -3.60. The number of aldehydes is 1. The fourth-order valence-corrected chi connectivity index (χ4v) is 2.30. The summed E-state index contributed by atoms with van der Waals surface area (Å²) in [6, 6.07) is 5.76. The Balaban J connectivity index is 2.77. The fourth-order valence-electron chi connectivity index (χ4n) is 1.26. The van der Waals surface area contributed by atoms with E-state index in [1.165, 1.54) is 31.2 Å². The summed E-state index contributed by atoms with van der Waals surface area (Å²) in [5, 5.41) is 2.54. The highest BCUT2D eigenvalue weighted by Crippen LogP contribution is 2.13. The lowest BCUT2D eigenvalue weighted by Gasteiger charge is -2.06. The van der Waals surface area contributed by atoms with E-state index in [-0.39, 0.29) is 23.8 Å². The van der Waals surface area contributed by atoms with Crippen molar-refractivity contribution < 1.29 is 18.0 Å². The molecule has 0 aliphatic heterocycles. The molecule has 0 radical (unpaired) electrons. The molecule has 0 aromatic heterocycles. The SMILES string of the molecule is CC(=O)Nc1ccc(S(=O)(=O)NCCC=O)cc1. The molecule has 18 heavy (non-hydrogen) atoms. The van der Waals surface area contributed by atoms with Crippen molar-refractivity contribution in [1.82, 2.24) is 4.72 Å². The van der Waals surface area contributed by atoms with Gasteiger partial charge in [0.15, 0.2) is 0 Å². The van der Waals surface area contributed by atoms with Crippen molar-refractivity contribution in [2.45, 2.75) is 18.2 Å². The van der Waals surface area contributed by atoms with Crippen LogP contribution < -0.4 is 10.0 Å². The third-order valence-electron chi connectivity index (χ3n) is 2.04. The summed E-state index contributed by atoms with van der Waals surface area (Å²) in [7, 11) is -3.60. The van der Waals surface area contributed by atoms with Crippen LogP contribution in [-0.2, 0) is 19.6 Å². The van der Waals surface area contributed by atoms with Gasteiger partial charge in [-0.2, -0.15) is 0 Å². The smallest absolute Gasteiger partial charge is 0.240 e. The van der Waals surface area contributed by atoms with E-state index in [2.05, 4.69) is 10.0 Å². The number of benzene rings is 1. The predicted octanol–water partition coefficient (Wildman–Crippen LogP) is 0.512. The molecule has 0 atom stereocenters. The first-order valence-corrected chi connectivity index (χ1v) is 6.75. The number of hydrogen-bond acceptors (Lipinski definition) is 4. The standard InChI is InChI=1S/C11H14N2O4S/c1-9(15)13-10-3-5-11(6-4-10)18(16,17)12-7-2-8-14/h3-6,8,12H,2,7H2,1H3,(H,13,15). The first-order chi connectivity index (χ1) is 8.45. The number of rotatable bonds is 6. The second-order valence-electron chi connectivity index (χ2n) is 3.56. The molecule has 1 aromatic carbocycles. The monoisotopic (exact) mass is 270 g/mol. The van der Waals surface area contributed by atoms with E-state index in [0.29, 0.717) is 12.0 Å². The number of hydrogen-bond donors (Lipinski definition) is 2. The molecule has 0 spiro atoms. The lowest BCUT2D eigenvalue weighted by molar-refractivity contribution is -0.114. The zero-order chi connectivity index (χ0) is 13.6. The summed E-state index contributed by atoms with van der Waals surface area (Å²) in [6.07, 6.45) is 0.769. The molecule has 0 fully saturated rings. The first kappa shape index (κ1) is 14.3. The number of carbonyl (C=O) groups excluding carboxylic acids is 2. The van der Waals surface area contributed by atoms with Gasteiger partial charge in [-0.1, -0.05) is 0 Å². The first-order valence-electron chi connectivity index (χ1n) is 5.26. The number of sulfonamides is 1. The van der Waals surface area contributed by atoms with Crippen LogP contribution in [0, 0.1) is 0 Å². The minimum Gasteiger partial charge on any atom is -0.326 e. The van der Waals surface area contributed by atoms with Gasteiger partial charge in [-0.05, 0) is 24.3 Å². The van der Waals surface area contributed by atoms with E-state index < -0.39 is 10.0 Å². The summed E-state index contributed by atoms with van der Waals surface area (Å²) >= 11 is 0. The molecule has 0 aliphatic carbocycles. The predicted molar refractivity (Wildman–Crippen MR) is 66.6 cm³/mol. The normalized spacial score (nSPS) is 10.9. The Labute approximate surface area is 105 Å². The Morgan fingerprint density at radius 2 is 1.89 bits per heavy atom. The largest absolute Gasteiger partial charge is 0.326 e. The van der Waals surface area contributed by atoms with Crippen molar-refractivity contribution in [3.05, 3.63) is 24.3 Å². The molecule has 7 heteroatoms. The molecular formula is C11H14N2O4S. The van der Waals surface area contributed by atoms with Crippen LogP contribution in [-0.4, -0.2) is 27.2 Å². The molecule has 98 valence electrons. The van der Waals surface area contributed by atoms with Gasteiger partial charge >= 0.3 is 0 Å². The second kappa shape index (κ2) is 6.27. The van der Waals surface area contributed by atoms with Crippen LogP contribution >= 0.6 is 0 Å². The van der Waals surface area contributed by atoms with E-state index in [1.807, 2.05) is 0 Å². The maximum absolute atomic E-state index is 11.7. The Bertz CT molecular complexity index is 522. The van der Waals surface area contributed by atoms with Gasteiger partial charge in [0, 0.05) is 25.6 Å². The van der Waals surface area contributed by atoms with E-state index in [1.54, 1.807) is 0 Å². The van der Waals surface area contributed by atoms with Crippen molar-refractivity contribution >= 4 is 27.9 Å². The van der Waals surface area contributed by atoms with Gasteiger partial charge in [0.25, 0.3) is 0 Å². The van der Waals surface area contributed by atoms with Crippen LogP contribution in [0.3, 0.4) is 0 Å². The van der Waals surface area contributed by atoms with Crippen LogP contribution in [0.5, 0.6) is 0 Å². The van der Waals surface area contributed by atoms with Crippen LogP contribution in [0.25, 0.3) is 0 Å². The third kappa shape index (κ3) is 4.27. The maximum atomic E-state index is 11.7. The van der Waals surface area contributed by atoms with E-state index >= 15 is 0 Å². The second-order valence-corrected chi connectivity index (χ2v) is 5.33. The van der Waals surface area contributed by atoms with Crippen molar-refractivity contribution in [2.24, 2.45) is 0 Å². The van der Waals surface area contributed by atoms with Gasteiger partial charge < -0.3 is 10.1 Å². The summed E-state index contributed by atoms with van der Waals surface area (Å²) < 4.78 is 25.7. The van der Waals surface area contributed by atoms with Gasteiger partial charge in [-0.15, -0.1) is 0 Å². The Morgan fingerprint density at radius 3 is 2.39 bits per heavy atom. The average molecular weight is 270 g/mol. The molecule has 0 saturated carbocycles. The van der Waals surface area contributed by atoms with E-state index in [4.69, 9.17) is 0 Å². The van der Waals surface area contributed by atoms with Crippen molar-refractivity contribution in [2.75, 3.05) is 11.9 Å². The minimum absolute atomic E-state index is 0.0687. The topological polar surface area (TPSA) is 92.3 Å². The summed E-state index contributed by atoms with van der Waals surface area (Å²) in [4.78, 5) is 21.0. The van der Waals surface area contributed by atoms with Gasteiger partial charge in [0.1, 0.15) is 6.29 Å². The van der Waals surface area contributed by atoms with Crippen LogP contribution in [0.15, 0.2) is 29.2 Å². The molecule has 0 bridgehead atoms. The molecule has 0 heterocycles.